The molecule has 1 aliphatic carbocycles. The van der Waals surface area contributed by atoms with Gasteiger partial charge in [0, 0.05) is 13.7 Å². The molecule has 1 unspecified atom stereocenters. The number of anilines is 1. The number of hydrogen-bond donors (Lipinski definition) is 6. The molecule has 6 N–H and O–H groups in total. The molecule has 1 aliphatic heterocycles. The first-order chi connectivity index (χ1) is 18.1. The van der Waals surface area contributed by atoms with Crippen molar-refractivity contribution in [3.8, 4) is 0 Å². The van der Waals surface area contributed by atoms with Gasteiger partial charge in [0.15, 0.2) is 23.0 Å². The summed E-state index contributed by atoms with van der Waals surface area (Å²) in [7, 11) is -3.75. The summed E-state index contributed by atoms with van der Waals surface area (Å²) in [4.78, 5) is 28.7. The maximum atomic E-state index is 12.5. The van der Waals surface area contributed by atoms with Crippen molar-refractivity contribution in [3.05, 3.63) is 17.3 Å². The molecule has 2 fully saturated rings. The highest BCUT2D eigenvalue weighted by Gasteiger charge is 2.52. The number of rotatable bonds is 12. The Kier molecular flexibility index (Phi) is 7.65. The first kappa shape index (κ1) is 27.2. The molecule has 208 valence electrons. The Morgan fingerprint density at radius 2 is 2.11 bits per heavy atom. The summed E-state index contributed by atoms with van der Waals surface area (Å²) in [5.74, 6) is 1.03. The quantitative estimate of drug-likeness (QED) is 0.115. The Hall–Kier alpha value is -2.34. The van der Waals surface area contributed by atoms with E-state index in [2.05, 4.69) is 41.0 Å². The van der Waals surface area contributed by atoms with Gasteiger partial charge in [0.25, 0.3) is 0 Å². The van der Waals surface area contributed by atoms with E-state index in [1.165, 1.54) is 18.0 Å². The number of nitrogens with zero attached hydrogens (tertiary/aromatic N) is 7. The predicted octanol–water partition coefficient (Wildman–Crippen LogP) is -0.786. The number of H-pyrrole nitrogens is 1. The number of fused-ring (bicyclic) bond motifs is 1. The molecule has 0 aromatic carbocycles. The van der Waals surface area contributed by atoms with Crippen LogP contribution in [0, 0.1) is 5.92 Å². The van der Waals surface area contributed by atoms with Gasteiger partial charge in [0.2, 0.25) is 5.28 Å². The highest BCUT2D eigenvalue weighted by molar-refractivity contribution is 7.53. The van der Waals surface area contributed by atoms with Crippen molar-refractivity contribution in [3.63, 3.8) is 0 Å². The first-order valence-corrected chi connectivity index (χ1v) is 13.7. The van der Waals surface area contributed by atoms with Gasteiger partial charge in [-0.05, 0) is 30.4 Å². The van der Waals surface area contributed by atoms with Crippen LogP contribution in [0.1, 0.15) is 24.9 Å². The van der Waals surface area contributed by atoms with Crippen LogP contribution < -0.4 is 5.32 Å². The fourth-order valence-corrected chi connectivity index (χ4v) is 5.29. The van der Waals surface area contributed by atoms with Crippen molar-refractivity contribution in [2.24, 2.45) is 5.92 Å². The number of tetrazole rings is 1. The van der Waals surface area contributed by atoms with Crippen molar-refractivity contribution >= 4 is 36.0 Å². The van der Waals surface area contributed by atoms with E-state index in [1.54, 1.807) is 0 Å². The Morgan fingerprint density at radius 3 is 2.76 bits per heavy atom. The second-order valence-corrected chi connectivity index (χ2v) is 11.5. The maximum Gasteiger partial charge on any atom is 0.359 e. The van der Waals surface area contributed by atoms with E-state index >= 15 is 0 Å². The fourth-order valence-electron chi connectivity index (χ4n) is 4.23. The fraction of sp³-hybridized carbons (Fsp3) is 0.684. The van der Waals surface area contributed by atoms with Crippen molar-refractivity contribution in [1.29, 1.82) is 0 Å². The summed E-state index contributed by atoms with van der Waals surface area (Å²) < 4.78 is 30.3. The van der Waals surface area contributed by atoms with Crippen LogP contribution >= 0.6 is 19.2 Å². The minimum Gasteiger partial charge on any atom is -0.387 e. The van der Waals surface area contributed by atoms with Crippen molar-refractivity contribution in [1.82, 2.24) is 40.4 Å². The first-order valence-electron chi connectivity index (χ1n) is 11.7. The molecule has 1 saturated carbocycles. The van der Waals surface area contributed by atoms with Crippen LogP contribution in [-0.4, -0.2) is 111 Å². The lowest BCUT2D eigenvalue weighted by atomic mass is 10.1. The normalized spacial score (nSPS) is 25.6. The molecular formula is C19H27ClN9O8P. The van der Waals surface area contributed by atoms with E-state index in [9.17, 15) is 24.6 Å². The second kappa shape index (κ2) is 10.7. The third kappa shape index (κ3) is 5.38. The summed E-state index contributed by atoms with van der Waals surface area (Å²) in [5, 5.41) is 40.4. The Labute approximate surface area is 220 Å². The largest absolute Gasteiger partial charge is 0.387 e. The molecule has 3 aromatic rings. The van der Waals surface area contributed by atoms with E-state index in [1.807, 2.05) is 0 Å². The number of aliphatic hydroxyl groups is 2. The lowest BCUT2D eigenvalue weighted by molar-refractivity contribution is -0.113. The van der Waals surface area contributed by atoms with Gasteiger partial charge in [-0.2, -0.15) is 20.3 Å². The number of methoxy groups -OCH3 is 1. The zero-order valence-corrected chi connectivity index (χ0v) is 21.7. The smallest absolute Gasteiger partial charge is 0.359 e. The minimum absolute atomic E-state index is 0.0261. The van der Waals surface area contributed by atoms with E-state index < -0.39 is 57.1 Å². The van der Waals surface area contributed by atoms with Gasteiger partial charge in [-0.25, -0.2) is 4.68 Å². The third-order valence-electron chi connectivity index (χ3n) is 6.50. The average molecular weight is 576 g/mol. The lowest BCUT2D eigenvalue weighted by Crippen LogP contribution is -2.44. The standard InChI is InChI=1S/C19H27ClN9O8P/c1-35-8-19(38(32,33)34,4-12-25-27-28-26-12)36-7-11-13(30)14(31)17(37-11)29-16-10(6-22-29)15(23-18(20)24-16)21-5-9-2-3-9/h6,9,11,13-14,17,30-31H,2-5,7-8H2,1H3,(H,21,23,24)(H2,32,33,34)(H,25,26,27,28)/t11-,13-,14-,17-,19?/m1/s1. The van der Waals surface area contributed by atoms with Crippen LogP contribution in [0.4, 0.5) is 5.82 Å². The number of hydrogen-bond acceptors (Lipinski definition) is 13. The molecule has 17 nitrogen and oxygen atoms in total. The Bertz CT molecular complexity index is 1300. The molecule has 1 saturated heterocycles. The van der Waals surface area contributed by atoms with Gasteiger partial charge in [-0.3, -0.25) is 4.57 Å². The van der Waals surface area contributed by atoms with E-state index in [-0.39, 0.29) is 16.8 Å². The number of aromatic nitrogens is 8. The number of aromatic amines is 1. The van der Waals surface area contributed by atoms with Gasteiger partial charge in [0.05, 0.1) is 31.2 Å². The summed E-state index contributed by atoms with van der Waals surface area (Å²) >= 11 is 6.14. The van der Waals surface area contributed by atoms with Crippen LogP contribution in [-0.2, 0) is 25.2 Å². The molecule has 0 spiro atoms. The summed E-state index contributed by atoms with van der Waals surface area (Å²) in [6.07, 6.45) is -2.06. The topological polar surface area (TPSA) is 236 Å². The van der Waals surface area contributed by atoms with Crippen LogP contribution in [0.2, 0.25) is 5.28 Å². The number of aliphatic hydroxyl groups excluding tert-OH is 2. The molecule has 0 bridgehead atoms. The van der Waals surface area contributed by atoms with Crippen LogP contribution in [0.15, 0.2) is 6.20 Å². The van der Waals surface area contributed by atoms with Gasteiger partial charge in [-0.15, -0.1) is 10.2 Å². The summed E-state index contributed by atoms with van der Waals surface area (Å²) in [6, 6.07) is 0. The SMILES string of the molecule is COCC(Cc1nn[nH]n1)(OC[C@H]1O[C@@H](n2ncc3c(NCC4CC4)nc(Cl)nc32)[C@H](O)[C@@H]1O)P(=O)(O)O. The predicted molar refractivity (Wildman–Crippen MR) is 128 cm³/mol. The highest BCUT2D eigenvalue weighted by atomic mass is 35.5. The Balaban J connectivity index is 1.36. The molecule has 0 amide bonds. The second-order valence-electron chi connectivity index (χ2n) is 9.28. The van der Waals surface area contributed by atoms with Crippen molar-refractivity contribution < 1.29 is 38.8 Å². The maximum absolute atomic E-state index is 12.5. The van der Waals surface area contributed by atoms with Crippen molar-refractivity contribution in [2.45, 2.75) is 49.1 Å². The molecule has 19 heteroatoms. The van der Waals surface area contributed by atoms with Crippen LogP contribution in [0.3, 0.4) is 0 Å². The molecule has 3 aromatic heterocycles. The summed E-state index contributed by atoms with van der Waals surface area (Å²) in [6.45, 7) is -0.332. The molecule has 4 heterocycles. The van der Waals surface area contributed by atoms with E-state index in [0.29, 0.717) is 17.1 Å². The molecule has 5 atom stereocenters. The monoisotopic (exact) mass is 575 g/mol. The Morgan fingerprint density at radius 1 is 1.32 bits per heavy atom. The molecule has 5 rings (SSSR count). The zero-order valence-electron chi connectivity index (χ0n) is 20.1. The van der Waals surface area contributed by atoms with Crippen LogP contribution in [0.25, 0.3) is 11.0 Å². The van der Waals surface area contributed by atoms with E-state index in [4.69, 9.17) is 25.8 Å². The van der Waals surface area contributed by atoms with Crippen LogP contribution in [0.5, 0.6) is 0 Å². The van der Waals surface area contributed by atoms with Crippen molar-refractivity contribution in [2.75, 3.05) is 32.2 Å². The molecule has 0 radical (unpaired) electrons. The third-order valence-corrected chi connectivity index (χ3v) is 8.15. The minimum atomic E-state index is -5.00. The zero-order chi connectivity index (χ0) is 27.1. The van der Waals surface area contributed by atoms with Gasteiger partial charge >= 0.3 is 7.60 Å². The molecule has 2 aliphatic rings. The number of halogens is 1. The van der Waals surface area contributed by atoms with E-state index in [0.717, 1.165) is 19.4 Å². The van der Waals surface area contributed by atoms with Gasteiger partial charge in [0.1, 0.15) is 24.1 Å². The molecule has 38 heavy (non-hydrogen) atoms. The van der Waals surface area contributed by atoms with Gasteiger partial charge in [-0.1, -0.05) is 5.21 Å². The lowest BCUT2D eigenvalue weighted by Gasteiger charge is -2.33. The highest BCUT2D eigenvalue weighted by Crippen LogP contribution is 2.53. The molecular weight excluding hydrogens is 549 g/mol. The number of nitrogens with one attached hydrogen (secondary N) is 2. The van der Waals surface area contributed by atoms with Gasteiger partial charge < -0.3 is 39.5 Å². The average Bonchev–Trinajstić information content (AvgIpc) is 3.24. The number of ether oxygens (including phenoxy) is 3. The summed E-state index contributed by atoms with van der Waals surface area (Å²) in [5.41, 5.74) is 0.266.